The van der Waals surface area contributed by atoms with Gasteiger partial charge in [-0.05, 0) is 23.8 Å². The molecule has 0 aliphatic heterocycles. The van der Waals surface area contributed by atoms with Gasteiger partial charge in [0.2, 0.25) is 0 Å². The van der Waals surface area contributed by atoms with Gasteiger partial charge < -0.3 is 15.2 Å². The second-order valence-electron chi connectivity index (χ2n) is 4.14. The monoisotopic (exact) mass is 261 g/mol. The van der Waals surface area contributed by atoms with E-state index in [4.69, 9.17) is 4.74 Å². The van der Waals surface area contributed by atoms with Crippen molar-refractivity contribution in [2.75, 3.05) is 12.4 Å². The summed E-state index contributed by atoms with van der Waals surface area (Å²) in [6.07, 6.45) is 0. The summed E-state index contributed by atoms with van der Waals surface area (Å²) in [5.41, 5.74) is 2.48. The molecule has 4 heteroatoms. The molecule has 0 amide bonds. The van der Waals surface area contributed by atoms with Crippen LogP contribution in [0.4, 0.5) is 10.1 Å². The molecule has 19 heavy (non-hydrogen) atoms. The molecule has 3 nitrogen and oxygen atoms in total. The van der Waals surface area contributed by atoms with Crippen LogP contribution >= 0.6 is 0 Å². The minimum Gasteiger partial charge on any atom is -0.494 e. The summed E-state index contributed by atoms with van der Waals surface area (Å²) in [5, 5.41) is 12.4. The standard InChI is InChI=1S/C15H16FNO2/c1-19-15-7-6-11(8-13(15)16)9-17-14-5-3-2-4-12(14)10-18/h2-8,17-18H,9-10H2,1H3. The normalized spacial score (nSPS) is 10.3. The molecule has 2 rings (SSSR count). The summed E-state index contributed by atoms with van der Waals surface area (Å²) in [4.78, 5) is 0. The van der Waals surface area contributed by atoms with Gasteiger partial charge in [-0.15, -0.1) is 0 Å². The van der Waals surface area contributed by atoms with Gasteiger partial charge in [0.05, 0.1) is 13.7 Å². The number of hydrogen-bond acceptors (Lipinski definition) is 3. The summed E-state index contributed by atoms with van der Waals surface area (Å²) >= 11 is 0. The van der Waals surface area contributed by atoms with Gasteiger partial charge in [0.25, 0.3) is 0 Å². The molecule has 2 N–H and O–H groups in total. The van der Waals surface area contributed by atoms with Gasteiger partial charge in [-0.3, -0.25) is 0 Å². The van der Waals surface area contributed by atoms with E-state index in [1.165, 1.54) is 13.2 Å². The first-order valence-electron chi connectivity index (χ1n) is 5.99. The molecule has 0 spiro atoms. The van der Waals surface area contributed by atoms with Crippen LogP contribution in [0.5, 0.6) is 5.75 Å². The van der Waals surface area contributed by atoms with Gasteiger partial charge >= 0.3 is 0 Å². The van der Waals surface area contributed by atoms with Crippen LogP contribution in [0.15, 0.2) is 42.5 Å². The first kappa shape index (κ1) is 13.4. The Labute approximate surface area is 111 Å². The Hall–Kier alpha value is -2.07. The maximum absolute atomic E-state index is 13.5. The molecule has 0 aliphatic rings. The van der Waals surface area contributed by atoms with E-state index in [1.807, 2.05) is 24.3 Å². The van der Waals surface area contributed by atoms with Gasteiger partial charge in [0.1, 0.15) is 0 Å². The molecule has 2 aromatic carbocycles. The molecule has 0 fully saturated rings. The van der Waals surface area contributed by atoms with E-state index in [-0.39, 0.29) is 18.2 Å². The van der Waals surface area contributed by atoms with Gasteiger partial charge in [-0.25, -0.2) is 4.39 Å². The van der Waals surface area contributed by atoms with Crippen LogP contribution in [0.2, 0.25) is 0 Å². The number of ether oxygens (including phenoxy) is 1. The highest BCUT2D eigenvalue weighted by Gasteiger charge is 2.04. The van der Waals surface area contributed by atoms with Crippen molar-refractivity contribution in [3.05, 3.63) is 59.4 Å². The Bertz CT molecular complexity index is 558. The third-order valence-electron chi connectivity index (χ3n) is 2.89. The van der Waals surface area contributed by atoms with Crippen molar-refractivity contribution in [3.63, 3.8) is 0 Å². The summed E-state index contributed by atoms with van der Waals surface area (Å²) in [6, 6.07) is 12.3. The quantitative estimate of drug-likeness (QED) is 0.869. The van der Waals surface area contributed by atoms with Crippen LogP contribution < -0.4 is 10.1 Å². The Morgan fingerprint density at radius 3 is 2.68 bits per heavy atom. The van der Waals surface area contributed by atoms with Crippen molar-refractivity contribution in [2.45, 2.75) is 13.2 Å². The van der Waals surface area contributed by atoms with Crippen molar-refractivity contribution in [1.29, 1.82) is 0 Å². The van der Waals surface area contributed by atoms with E-state index in [0.717, 1.165) is 16.8 Å². The molecular weight excluding hydrogens is 245 g/mol. The first-order chi connectivity index (χ1) is 9.24. The minimum atomic E-state index is -0.378. The van der Waals surface area contributed by atoms with Gasteiger partial charge in [-0.1, -0.05) is 24.3 Å². The zero-order chi connectivity index (χ0) is 13.7. The summed E-state index contributed by atoms with van der Waals surface area (Å²) in [7, 11) is 1.44. The van der Waals surface area contributed by atoms with Gasteiger partial charge in [0, 0.05) is 17.8 Å². The zero-order valence-electron chi connectivity index (χ0n) is 10.7. The van der Waals surface area contributed by atoms with Crippen LogP contribution in [-0.4, -0.2) is 12.2 Å². The van der Waals surface area contributed by atoms with E-state index < -0.39 is 0 Å². The highest BCUT2D eigenvalue weighted by Crippen LogP contribution is 2.20. The molecule has 0 saturated carbocycles. The molecule has 0 saturated heterocycles. The highest BCUT2D eigenvalue weighted by molar-refractivity contribution is 5.51. The molecule has 0 aromatic heterocycles. The lowest BCUT2D eigenvalue weighted by molar-refractivity contribution is 0.282. The van der Waals surface area contributed by atoms with Gasteiger partial charge in [0.15, 0.2) is 11.6 Å². The van der Waals surface area contributed by atoms with Crippen LogP contribution in [0, 0.1) is 5.82 Å². The molecule has 2 aromatic rings. The number of halogens is 1. The number of rotatable bonds is 5. The van der Waals surface area contributed by atoms with Crippen molar-refractivity contribution >= 4 is 5.69 Å². The fourth-order valence-electron chi connectivity index (χ4n) is 1.85. The Morgan fingerprint density at radius 2 is 2.00 bits per heavy atom. The fraction of sp³-hybridized carbons (Fsp3) is 0.200. The van der Waals surface area contributed by atoms with E-state index in [0.29, 0.717) is 6.54 Å². The van der Waals surface area contributed by atoms with Crippen molar-refractivity contribution in [3.8, 4) is 5.75 Å². The Kier molecular flexibility index (Phi) is 4.36. The summed E-state index contributed by atoms with van der Waals surface area (Å²) < 4.78 is 18.4. The topological polar surface area (TPSA) is 41.5 Å². The van der Waals surface area contributed by atoms with Crippen molar-refractivity contribution in [2.24, 2.45) is 0 Å². The number of hydrogen-bond donors (Lipinski definition) is 2. The maximum Gasteiger partial charge on any atom is 0.165 e. The average molecular weight is 261 g/mol. The highest BCUT2D eigenvalue weighted by atomic mass is 19.1. The number of nitrogens with one attached hydrogen (secondary N) is 1. The smallest absolute Gasteiger partial charge is 0.165 e. The Balaban J connectivity index is 2.08. The van der Waals surface area contributed by atoms with E-state index in [2.05, 4.69) is 5.32 Å². The summed E-state index contributed by atoms with van der Waals surface area (Å²) in [6.45, 7) is 0.456. The minimum absolute atomic E-state index is 0.0276. The SMILES string of the molecule is COc1ccc(CNc2ccccc2CO)cc1F. The average Bonchev–Trinajstić information content (AvgIpc) is 2.45. The lowest BCUT2D eigenvalue weighted by Crippen LogP contribution is -2.03. The van der Waals surface area contributed by atoms with Crippen molar-refractivity contribution in [1.82, 2.24) is 0 Å². The molecule has 0 radical (unpaired) electrons. The van der Waals surface area contributed by atoms with Crippen molar-refractivity contribution < 1.29 is 14.2 Å². The molecule has 0 aliphatic carbocycles. The number of aliphatic hydroxyl groups is 1. The largest absolute Gasteiger partial charge is 0.494 e. The summed E-state index contributed by atoms with van der Waals surface area (Å²) in [5.74, 6) is -0.142. The number of benzene rings is 2. The zero-order valence-corrected chi connectivity index (χ0v) is 10.7. The number of aliphatic hydroxyl groups excluding tert-OH is 1. The number of para-hydroxylation sites is 1. The van der Waals surface area contributed by atoms with Crippen LogP contribution in [0.25, 0.3) is 0 Å². The lowest BCUT2D eigenvalue weighted by Gasteiger charge is -2.11. The number of anilines is 1. The first-order valence-corrected chi connectivity index (χ1v) is 5.99. The van der Waals surface area contributed by atoms with E-state index in [1.54, 1.807) is 12.1 Å². The van der Waals surface area contributed by atoms with E-state index >= 15 is 0 Å². The molecule has 0 bridgehead atoms. The van der Waals surface area contributed by atoms with Gasteiger partial charge in [-0.2, -0.15) is 0 Å². The van der Waals surface area contributed by atoms with Crippen LogP contribution in [0.3, 0.4) is 0 Å². The third kappa shape index (κ3) is 3.23. The second-order valence-corrected chi connectivity index (χ2v) is 4.14. The second kappa shape index (κ2) is 6.20. The molecule has 0 unspecified atom stereocenters. The van der Waals surface area contributed by atoms with E-state index in [9.17, 15) is 9.50 Å². The molecule has 0 heterocycles. The molecule has 100 valence electrons. The third-order valence-corrected chi connectivity index (χ3v) is 2.89. The predicted molar refractivity (Wildman–Crippen MR) is 72.6 cm³/mol. The number of methoxy groups -OCH3 is 1. The predicted octanol–water partition coefficient (Wildman–Crippen LogP) is 2.94. The maximum atomic E-state index is 13.5. The molecule has 0 atom stereocenters. The van der Waals surface area contributed by atoms with Crippen LogP contribution in [0.1, 0.15) is 11.1 Å². The fourth-order valence-corrected chi connectivity index (χ4v) is 1.85. The molecular formula is C15H16FNO2. The Morgan fingerprint density at radius 1 is 1.21 bits per heavy atom. The lowest BCUT2D eigenvalue weighted by atomic mass is 10.1. The van der Waals surface area contributed by atoms with Crippen LogP contribution in [-0.2, 0) is 13.2 Å².